The van der Waals surface area contributed by atoms with Crippen molar-refractivity contribution in [3.63, 3.8) is 0 Å². The molecule has 0 bridgehead atoms. The van der Waals surface area contributed by atoms with E-state index < -0.39 is 11.8 Å². The van der Waals surface area contributed by atoms with Gasteiger partial charge >= 0.3 is 5.97 Å². The molecule has 1 heterocycles. The SMILES string of the molecule is Cc1ccccc1NC(=O)Cc1nc(COC(=O)/C=C/c2cc(Br)ccc2F)cs1. The third kappa shape index (κ3) is 6.33. The molecule has 0 atom stereocenters. The first-order chi connectivity index (χ1) is 14.4. The van der Waals surface area contributed by atoms with Crippen LogP contribution in [0.3, 0.4) is 0 Å². The van der Waals surface area contributed by atoms with E-state index in [0.717, 1.165) is 17.3 Å². The van der Waals surface area contributed by atoms with Crippen LogP contribution in [0.1, 0.15) is 21.8 Å². The van der Waals surface area contributed by atoms with Gasteiger partial charge < -0.3 is 10.1 Å². The Morgan fingerprint density at radius 3 is 2.87 bits per heavy atom. The smallest absolute Gasteiger partial charge is 0.331 e. The summed E-state index contributed by atoms with van der Waals surface area (Å²) >= 11 is 4.58. The van der Waals surface area contributed by atoms with Gasteiger partial charge in [-0.2, -0.15) is 0 Å². The molecule has 0 saturated heterocycles. The Kier molecular flexibility index (Phi) is 7.48. The number of hydrogen-bond acceptors (Lipinski definition) is 5. The van der Waals surface area contributed by atoms with Gasteiger partial charge in [0.25, 0.3) is 0 Å². The fourth-order valence-electron chi connectivity index (χ4n) is 2.53. The highest BCUT2D eigenvalue weighted by molar-refractivity contribution is 9.10. The maximum Gasteiger partial charge on any atom is 0.331 e. The molecule has 5 nitrogen and oxygen atoms in total. The van der Waals surface area contributed by atoms with Crippen molar-refractivity contribution in [2.24, 2.45) is 0 Å². The van der Waals surface area contributed by atoms with Gasteiger partial charge in [-0.3, -0.25) is 4.79 Å². The van der Waals surface area contributed by atoms with Crippen molar-refractivity contribution >= 4 is 50.9 Å². The Hall–Kier alpha value is -2.84. The lowest BCUT2D eigenvalue weighted by Gasteiger charge is -2.06. The number of nitrogens with one attached hydrogen (secondary N) is 1. The third-order valence-electron chi connectivity index (χ3n) is 4.05. The maximum absolute atomic E-state index is 13.7. The van der Waals surface area contributed by atoms with Crippen LogP contribution in [0.5, 0.6) is 0 Å². The Balaban J connectivity index is 1.50. The largest absolute Gasteiger partial charge is 0.456 e. The van der Waals surface area contributed by atoms with E-state index >= 15 is 0 Å². The van der Waals surface area contributed by atoms with E-state index in [9.17, 15) is 14.0 Å². The molecule has 3 rings (SSSR count). The first-order valence-corrected chi connectivity index (χ1v) is 10.7. The Labute approximate surface area is 185 Å². The minimum atomic E-state index is -0.610. The van der Waals surface area contributed by atoms with E-state index in [1.165, 1.54) is 23.5 Å². The molecule has 3 aromatic rings. The predicted molar refractivity (Wildman–Crippen MR) is 119 cm³/mol. The van der Waals surface area contributed by atoms with Crippen molar-refractivity contribution < 1.29 is 18.7 Å². The van der Waals surface area contributed by atoms with Crippen LogP contribution >= 0.6 is 27.3 Å². The summed E-state index contributed by atoms with van der Waals surface area (Å²) in [5.41, 5.74) is 2.57. The lowest BCUT2D eigenvalue weighted by molar-refractivity contribution is -0.139. The van der Waals surface area contributed by atoms with Crippen LogP contribution in [0, 0.1) is 12.7 Å². The Morgan fingerprint density at radius 1 is 1.27 bits per heavy atom. The summed E-state index contributed by atoms with van der Waals surface area (Å²) in [4.78, 5) is 28.4. The standard InChI is InChI=1S/C22H18BrFN2O3S/c1-14-4-2-3-5-19(14)26-20(27)11-21-25-17(13-30-21)12-29-22(28)9-6-15-10-16(23)7-8-18(15)24/h2-10,13H,11-12H2,1H3,(H,26,27)/b9-6+. The van der Waals surface area contributed by atoms with Crippen molar-refractivity contribution in [3.05, 3.63) is 86.0 Å². The number of rotatable bonds is 7. The molecular formula is C22H18BrFN2O3S. The van der Waals surface area contributed by atoms with Crippen molar-refractivity contribution in [1.29, 1.82) is 0 Å². The summed E-state index contributed by atoms with van der Waals surface area (Å²) in [5, 5.41) is 5.22. The van der Waals surface area contributed by atoms with Crippen LogP contribution < -0.4 is 5.32 Å². The molecule has 0 unspecified atom stereocenters. The number of aryl methyl sites for hydroxylation is 1. The summed E-state index contributed by atoms with van der Waals surface area (Å²) in [6.45, 7) is 1.89. The predicted octanol–water partition coefficient (Wildman–Crippen LogP) is 5.29. The first kappa shape index (κ1) is 21.9. The monoisotopic (exact) mass is 488 g/mol. The highest BCUT2D eigenvalue weighted by Gasteiger charge is 2.10. The third-order valence-corrected chi connectivity index (χ3v) is 5.44. The number of hydrogen-bond donors (Lipinski definition) is 1. The number of amides is 1. The lowest BCUT2D eigenvalue weighted by Crippen LogP contribution is -2.15. The van der Waals surface area contributed by atoms with E-state index in [1.54, 1.807) is 17.5 Å². The molecule has 30 heavy (non-hydrogen) atoms. The quantitative estimate of drug-likeness (QED) is 0.362. The van der Waals surface area contributed by atoms with Crippen LogP contribution in [0.2, 0.25) is 0 Å². The van der Waals surface area contributed by atoms with E-state index in [4.69, 9.17) is 4.74 Å². The van der Waals surface area contributed by atoms with Gasteiger partial charge in [0.1, 0.15) is 17.4 Å². The van der Waals surface area contributed by atoms with Crippen molar-refractivity contribution in [3.8, 4) is 0 Å². The van der Waals surface area contributed by atoms with Crippen molar-refractivity contribution in [1.82, 2.24) is 4.98 Å². The molecule has 0 spiro atoms. The number of ether oxygens (including phenoxy) is 1. The molecule has 0 aliphatic carbocycles. The zero-order chi connectivity index (χ0) is 21.5. The number of aromatic nitrogens is 1. The summed E-state index contributed by atoms with van der Waals surface area (Å²) in [5.74, 6) is -1.21. The minimum Gasteiger partial charge on any atom is -0.456 e. The average molecular weight is 489 g/mol. The number of halogens is 2. The molecule has 1 aromatic heterocycles. The van der Waals surface area contributed by atoms with Crippen LogP contribution in [0.4, 0.5) is 10.1 Å². The summed E-state index contributed by atoms with van der Waals surface area (Å²) in [6, 6.07) is 12.0. The second-order valence-corrected chi connectivity index (χ2v) is 8.24. The Bertz CT molecular complexity index is 1100. The number of thiazole rings is 1. The molecule has 0 aliphatic rings. The zero-order valence-electron chi connectivity index (χ0n) is 16.0. The number of anilines is 1. The molecule has 0 aliphatic heterocycles. The summed E-state index contributed by atoms with van der Waals surface area (Å²) < 4.78 is 19.5. The molecule has 0 saturated carbocycles. The van der Waals surface area contributed by atoms with E-state index in [1.807, 2.05) is 31.2 Å². The van der Waals surface area contributed by atoms with Gasteiger partial charge in [-0.25, -0.2) is 14.2 Å². The van der Waals surface area contributed by atoms with E-state index in [0.29, 0.717) is 15.2 Å². The van der Waals surface area contributed by atoms with Gasteiger partial charge in [0, 0.05) is 27.2 Å². The number of carbonyl (C=O) groups is 2. The summed E-state index contributed by atoms with van der Waals surface area (Å²) in [7, 11) is 0. The van der Waals surface area contributed by atoms with E-state index in [2.05, 4.69) is 26.2 Å². The molecule has 1 amide bonds. The number of benzene rings is 2. The second kappa shape index (κ2) is 10.3. The summed E-state index contributed by atoms with van der Waals surface area (Å²) in [6.07, 6.45) is 2.65. The van der Waals surface area contributed by atoms with Gasteiger partial charge in [-0.15, -0.1) is 11.3 Å². The highest BCUT2D eigenvalue weighted by Crippen LogP contribution is 2.18. The molecule has 8 heteroatoms. The second-order valence-electron chi connectivity index (χ2n) is 6.38. The maximum atomic E-state index is 13.7. The average Bonchev–Trinajstić information content (AvgIpc) is 3.16. The molecular weight excluding hydrogens is 471 g/mol. The number of carbonyl (C=O) groups excluding carboxylic acids is 2. The van der Waals surface area contributed by atoms with Crippen molar-refractivity contribution in [2.45, 2.75) is 20.0 Å². The van der Waals surface area contributed by atoms with Crippen LogP contribution in [-0.4, -0.2) is 16.9 Å². The zero-order valence-corrected chi connectivity index (χ0v) is 18.4. The highest BCUT2D eigenvalue weighted by atomic mass is 79.9. The first-order valence-electron chi connectivity index (χ1n) is 8.99. The van der Waals surface area contributed by atoms with Gasteiger partial charge in [0.15, 0.2) is 0 Å². The normalized spacial score (nSPS) is 10.9. The topological polar surface area (TPSA) is 68.3 Å². The molecule has 0 radical (unpaired) electrons. The fraction of sp³-hybridized carbons (Fsp3) is 0.136. The molecule has 1 N–H and O–H groups in total. The van der Waals surface area contributed by atoms with Crippen molar-refractivity contribution in [2.75, 3.05) is 5.32 Å². The van der Waals surface area contributed by atoms with Gasteiger partial charge in [0.2, 0.25) is 5.91 Å². The van der Waals surface area contributed by atoms with Crippen LogP contribution in [0.15, 0.2) is 58.4 Å². The van der Waals surface area contributed by atoms with Gasteiger partial charge in [-0.05, 0) is 42.8 Å². The van der Waals surface area contributed by atoms with Crippen LogP contribution in [-0.2, 0) is 27.4 Å². The number of nitrogens with zero attached hydrogens (tertiary/aromatic N) is 1. The van der Waals surface area contributed by atoms with Crippen LogP contribution in [0.25, 0.3) is 6.08 Å². The lowest BCUT2D eigenvalue weighted by atomic mass is 10.2. The number of para-hydroxylation sites is 1. The molecule has 0 fully saturated rings. The Morgan fingerprint density at radius 2 is 2.07 bits per heavy atom. The minimum absolute atomic E-state index is 0.0277. The number of esters is 1. The van der Waals surface area contributed by atoms with E-state index in [-0.39, 0.29) is 24.5 Å². The van der Waals surface area contributed by atoms with Gasteiger partial charge in [-0.1, -0.05) is 34.1 Å². The fourth-order valence-corrected chi connectivity index (χ4v) is 3.69. The molecule has 154 valence electrons. The molecule has 2 aromatic carbocycles. The van der Waals surface area contributed by atoms with Gasteiger partial charge in [0.05, 0.1) is 12.1 Å².